The minimum atomic E-state index is 0.830. The quantitative estimate of drug-likeness (QED) is 0.837. The molecule has 1 aromatic rings. The van der Waals surface area contributed by atoms with Crippen LogP contribution in [0.2, 0.25) is 0 Å². The summed E-state index contributed by atoms with van der Waals surface area (Å²) in [6.45, 7) is 2.37. The van der Waals surface area contributed by atoms with Crippen LogP contribution < -0.4 is 11.1 Å². The van der Waals surface area contributed by atoms with Crippen molar-refractivity contribution in [3.8, 4) is 0 Å². The number of hydrogen-bond donors (Lipinski definition) is 2. The first-order valence-corrected chi connectivity index (χ1v) is 6.79. The second-order valence-corrected chi connectivity index (χ2v) is 5.51. The van der Waals surface area contributed by atoms with Gasteiger partial charge < -0.3 is 11.1 Å². The lowest BCUT2D eigenvalue weighted by Gasteiger charge is -2.22. The largest absolute Gasteiger partial charge is 0.398 e. The molecular weight excluding hydrogens is 264 g/mol. The maximum absolute atomic E-state index is 5.99. The number of hydrogen-bond acceptors (Lipinski definition) is 2. The van der Waals surface area contributed by atoms with Gasteiger partial charge in [0, 0.05) is 10.2 Å². The van der Waals surface area contributed by atoms with E-state index in [1.165, 1.54) is 37.9 Å². The first-order valence-electron chi connectivity index (χ1n) is 6.00. The van der Waals surface area contributed by atoms with Crippen LogP contribution in [0.3, 0.4) is 0 Å². The first kappa shape index (κ1) is 11.9. The average Bonchev–Trinajstić information content (AvgIpc) is 2.29. The highest BCUT2D eigenvalue weighted by Crippen LogP contribution is 2.23. The summed E-state index contributed by atoms with van der Waals surface area (Å²) < 4.78 is 1.06. The second-order valence-electron chi connectivity index (χ2n) is 4.59. The predicted octanol–water partition coefficient (Wildman–Crippen LogP) is 2.96. The molecule has 3 heteroatoms. The Kier molecular flexibility index (Phi) is 4.24. The summed E-state index contributed by atoms with van der Waals surface area (Å²) in [4.78, 5) is 0. The Labute approximate surface area is 106 Å². The molecule has 16 heavy (non-hydrogen) atoms. The van der Waals surface area contributed by atoms with Gasteiger partial charge in [-0.3, -0.25) is 0 Å². The van der Waals surface area contributed by atoms with Crippen LogP contribution >= 0.6 is 15.9 Å². The average molecular weight is 283 g/mol. The molecule has 2 rings (SSSR count). The van der Waals surface area contributed by atoms with Gasteiger partial charge in [0.05, 0.1) is 0 Å². The number of anilines is 1. The van der Waals surface area contributed by atoms with E-state index in [-0.39, 0.29) is 0 Å². The smallest absolute Gasteiger partial charge is 0.0357 e. The number of nitrogens with one attached hydrogen (secondary N) is 1. The van der Waals surface area contributed by atoms with Gasteiger partial charge in [-0.1, -0.05) is 22.0 Å². The summed E-state index contributed by atoms with van der Waals surface area (Å²) >= 11 is 3.43. The van der Waals surface area contributed by atoms with E-state index in [0.717, 1.165) is 22.5 Å². The highest BCUT2D eigenvalue weighted by Gasteiger charge is 2.13. The Morgan fingerprint density at radius 1 is 1.44 bits per heavy atom. The molecule has 1 fully saturated rings. The van der Waals surface area contributed by atoms with Gasteiger partial charge in [-0.2, -0.15) is 0 Å². The van der Waals surface area contributed by atoms with Crippen molar-refractivity contribution in [3.63, 3.8) is 0 Å². The molecule has 0 spiro atoms. The predicted molar refractivity (Wildman–Crippen MR) is 72.5 cm³/mol. The third kappa shape index (κ3) is 3.22. The van der Waals surface area contributed by atoms with Crippen LogP contribution in [0.5, 0.6) is 0 Å². The molecule has 1 atom stereocenters. The number of nitrogen functional groups attached to an aromatic ring is 1. The zero-order valence-electron chi connectivity index (χ0n) is 9.51. The van der Waals surface area contributed by atoms with Gasteiger partial charge in [0.1, 0.15) is 0 Å². The molecule has 0 bridgehead atoms. The van der Waals surface area contributed by atoms with Crippen molar-refractivity contribution < 1.29 is 0 Å². The molecule has 0 aromatic heterocycles. The number of nitrogens with two attached hydrogens (primary N) is 1. The van der Waals surface area contributed by atoms with Crippen LogP contribution in [0.25, 0.3) is 0 Å². The molecule has 0 aliphatic carbocycles. The Morgan fingerprint density at radius 2 is 2.31 bits per heavy atom. The molecule has 1 aliphatic rings. The minimum Gasteiger partial charge on any atom is -0.398 e. The van der Waals surface area contributed by atoms with Crippen molar-refractivity contribution >= 4 is 21.6 Å². The van der Waals surface area contributed by atoms with Crippen molar-refractivity contribution in [3.05, 3.63) is 28.2 Å². The Balaban J connectivity index is 1.88. The van der Waals surface area contributed by atoms with E-state index in [2.05, 4.69) is 33.4 Å². The van der Waals surface area contributed by atoms with Gasteiger partial charge in [0.15, 0.2) is 0 Å². The molecule has 88 valence electrons. The van der Waals surface area contributed by atoms with Crippen molar-refractivity contribution in [1.29, 1.82) is 0 Å². The van der Waals surface area contributed by atoms with Crippen LogP contribution in [-0.2, 0) is 6.42 Å². The third-order valence-corrected chi connectivity index (χ3v) is 3.82. The third-order valence-electron chi connectivity index (χ3n) is 3.33. The number of aryl methyl sites for hydroxylation is 1. The fourth-order valence-corrected chi connectivity index (χ4v) is 2.70. The van der Waals surface area contributed by atoms with Crippen LogP contribution in [0, 0.1) is 5.92 Å². The number of piperidine rings is 1. The van der Waals surface area contributed by atoms with E-state index in [9.17, 15) is 0 Å². The first-order chi connectivity index (χ1) is 7.75. The second kappa shape index (κ2) is 5.69. The molecule has 1 aromatic carbocycles. The van der Waals surface area contributed by atoms with Gasteiger partial charge in [-0.05, 0) is 62.4 Å². The van der Waals surface area contributed by atoms with Crippen LogP contribution in [0.4, 0.5) is 5.69 Å². The van der Waals surface area contributed by atoms with Crippen LogP contribution in [-0.4, -0.2) is 13.1 Å². The van der Waals surface area contributed by atoms with E-state index in [4.69, 9.17) is 5.73 Å². The molecular formula is C13H19BrN2. The number of benzene rings is 1. The molecule has 0 amide bonds. The van der Waals surface area contributed by atoms with Gasteiger partial charge in [-0.25, -0.2) is 0 Å². The SMILES string of the molecule is Nc1cc(Br)ccc1CCC1CCCNC1. The molecule has 1 heterocycles. The molecule has 1 aliphatic heterocycles. The van der Waals surface area contributed by atoms with E-state index in [0.29, 0.717) is 0 Å². The molecule has 1 saturated heterocycles. The summed E-state index contributed by atoms with van der Waals surface area (Å²) in [6.07, 6.45) is 5.04. The van der Waals surface area contributed by atoms with Gasteiger partial charge in [-0.15, -0.1) is 0 Å². The van der Waals surface area contributed by atoms with E-state index in [1.807, 2.05) is 6.07 Å². The Hall–Kier alpha value is -0.540. The normalized spacial score (nSPS) is 20.9. The summed E-state index contributed by atoms with van der Waals surface area (Å²) in [5.41, 5.74) is 8.19. The maximum Gasteiger partial charge on any atom is 0.0357 e. The summed E-state index contributed by atoms with van der Waals surface area (Å²) in [7, 11) is 0. The minimum absolute atomic E-state index is 0.830. The summed E-state index contributed by atoms with van der Waals surface area (Å²) in [5.74, 6) is 0.830. The zero-order valence-corrected chi connectivity index (χ0v) is 11.1. The molecule has 3 N–H and O–H groups in total. The van der Waals surface area contributed by atoms with Gasteiger partial charge in [0.2, 0.25) is 0 Å². The lowest BCUT2D eigenvalue weighted by atomic mass is 9.92. The van der Waals surface area contributed by atoms with Crippen molar-refractivity contribution in [2.24, 2.45) is 5.92 Å². The molecule has 2 nitrogen and oxygen atoms in total. The highest BCUT2D eigenvalue weighted by atomic mass is 79.9. The maximum atomic E-state index is 5.99. The molecule has 1 unspecified atom stereocenters. The fraction of sp³-hybridized carbons (Fsp3) is 0.538. The van der Waals surface area contributed by atoms with Crippen molar-refractivity contribution in [2.45, 2.75) is 25.7 Å². The number of halogens is 1. The highest BCUT2D eigenvalue weighted by molar-refractivity contribution is 9.10. The lowest BCUT2D eigenvalue weighted by Crippen LogP contribution is -2.29. The zero-order chi connectivity index (χ0) is 11.4. The monoisotopic (exact) mass is 282 g/mol. The lowest BCUT2D eigenvalue weighted by molar-refractivity contribution is 0.358. The van der Waals surface area contributed by atoms with Gasteiger partial charge in [0.25, 0.3) is 0 Å². The van der Waals surface area contributed by atoms with E-state index in [1.54, 1.807) is 0 Å². The van der Waals surface area contributed by atoms with Crippen LogP contribution in [0.15, 0.2) is 22.7 Å². The standard InChI is InChI=1S/C13H19BrN2/c14-12-6-5-11(13(15)8-12)4-3-10-2-1-7-16-9-10/h5-6,8,10,16H,1-4,7,9,15H2. The van der Waals surface area contributed by atoms with Gasteiger partial charge >= 0.3 is 0 Å². The van der Waals surface area contributed by atoms with E-state index < -0.39 is 0 Å². The summed E-state index contributed by atoms with van der Waals surface area (Å²) in [6, 6.07) is 6.20. The topological polar surface area (TPSA) is 38.0 Å². The van der Waals surface area contributed by atoms with Crippen molar-refractivity contribution in [2.75, 3.05) is 18.8 Å². The number of rotatable bonds is 3. The fourth-order valence-electron chi connectivity index (χ4n) is 2.32. The molecule has 0 radical (unpaired) electrons. The van der Waals surface area contributed by atoms with Crippen molar-refractivity contribution in [1.82, 2.24) is 5.32 Å². The van der Waals surface area contributed by atoms with Crippen LogP contribution in [0.1, 0.15) is 24.8 Å². The Morgan fingerprint density at radius 3 is 3.00 bits per heavy atom. The summed E-state index contributed by atoms with van der Waals surface area (Å²) in [5, 5.41) is 3.46. The molecule has 0 saturated carbocycles. The van der Waals surface area contributed by atoms with E-state index >= 15 is 0 Å². The Bertz CT molecular complexity index is 346.